The zero-order valence-electron chi connectivity index (χ0n) is 16.2. The molecular weight excluding hydrogens is 400 g/mol. The first-order valence-electron chi connectivity index (χ1n) is 9.37. The summed E-state index contributed by atoms with van der Waals surface area (Å²) in [5.74, 6) is -0.980. The fourth-order valence-corrected chi connectivity index (χ4v) is 3.26. The number of benzene rings is 3. The first-order valence-corrected chi connectivity index (χ1v) is 9.37. The van der Waals surface area contributed by atoms with Crippen LogP contribution in [-0.2, 0) is 13.2 Å². The molecule has 3 N–H and O–H groups in total. The molecule has 1 heterocycles. The number of imidazole rings is 1. The highest BCUT2D eigenvalue weighted by molar-refractivity contribution is 5.88. The second kappa shape index (κ2) is 8.19. The van der Waals surface area contributed by atoms with Gasteiger partial charge in [0.25, 0.3) is 0 Å². The topological polar surface area (TPSA) is 122 Å². The molecule has 31 heavy (non-hydrogen) atoms. The highest BCUT2D eigenvalue weighted by atomic mass is 16.5. The van der Waals surface area contributed by atoms with Gasteiger partial charge in [-0.05, 0) is 48.0 Å². The highest BCUT2D eigenvalue weighted by Gasteiger charge is 2.14. The Morgan fingerprint density at radius 3 is 2.35 bits per heavy atom. The molecule has 0 saturated carbocycles. The molecule has 0 unspecified atom stereocenters. The van der Waals surface area contributed by atoms with E-state index in [1.165, 1.54) is 24.3 Å². The summed E-state index contributed by atoms with van der Waals surface area (Å²) < 4.78 is 7.69. The van der Waals surface area contributed by atoms with Gasteiger partial charge in [-0.15, -0.1) is 0 Å². The second-order valence-corrected chi connectivity index (χ2v) is 6.91. The number of carboxylic acid groups (broad SMARTS) is 2. The van der Waals surface area contributed by atoms with E-state index in [-0.39, 0.29) is 23.5 Å². The van der Waals surface area contributed by atoms with Crippen LogP contribution in [0.15, 0.2) is 66.7 Å². The average molecular weight is 418 g/mol. The van der Waals surface area contributed by atoms with E-state index < -0.39 is 11.9 Å². The van der Waals surface area contributed by atoms with Gasteiger partial charge in [-0.2, -0.15) is 0 Å². The maximum atomic E-state index is 11.2. The molecule has 0 atom stereocenters. The van der Waals surface area contributed by atoms with Crippen LogP contribution in [0.1, 0.15) is 32.1 Å². The molecule has 3 aromatic carbocycles. The van der Waals surface area contributed by atoms with Crippen molar-refractivity contribution >= 4 is 23.0 Å². The molecule has 0 radical (unpaired) electrons. The number of carboxylic acids is 2. The second-order valence-electron chi connectivity index (χ2n) is 6.91. The van der Waals surface area contributed by atoms with E-state index >= 15 is 0 Å². The lowest BCUT2D eigenvalue weighted by molar-refractivity contribution is 0.0686. The van der Waals surface area contributed by atoms with Crippen molar-refractivity contribution in [3.8, 4) is 11.5 Å². The van der Waals surface area contributed by atoms with E-state index in [1.54, 1.807) is 42.5 Å². The standard InChI is InChI=1S/C23H18N2O6/c26-17-8-9-20-19(11-17)24-21(13-31-18-3-1-2-16(10-18)23(29)30)25(20)12-14-4-6-15(7-5-14)22(27)28/h1-11,26H,12-13H2,(H,27,28)(H,29,30). The molecule has 0 bridgehead atoms. The van der Waals surface area contributed by atoms with Gasteiger partial charge in [0.1, 0.15) is 23.9 Å². The quantitative estimate of drug-likeness (QED) is 0.418. The summed E-state index contributed by atoms with van der Waals surface area (Å²) in [6.45, 7) is 0.487. The third kappa shape index (κ3) is 4.32. The minimum Gasteiger partial charge on any atom is -0.508 e. The van der Waals surface area contributed by atoms with E-state index in [1.807, 2.05) is 4.57 Å². The number of phenols is 1. The fraction of sp³-hybridized carbons (Fsp3) is 0.0870. The van der Waals surface area contributed by atoms with Crippen molar-refractivity contribution in [2.24, 2.45) is 0 Å². The first kappa shape index (κ1) is 20.0. The molecule has 0 amide bonds. The normalized spacial score (nSPS) is 10.8. The lowest BCUT2D eigenvalue weighted by Crippen LogP contribution is -2.09. The molecule has 1 aromatic heterocycles. The molecule has 156 valence electrons. The summed E-state index contributed by atoms with van der Waals surface area (Å²) in [5, 5.41) is 28.0. The maximum Gasteiger partial charge on any atom is 0.335 e. The Morgan fingerprint density at radius 1 is 0.903 bits per heavy atom. The predicted octanol–water partition coefficient (Wildman–Crippen LogP) is 3.77. The van der Waals surface area contributed by atoms with E-state index in [2.05, 4.69) is 4.98 Å². The Hall–Kier alpha value is -4.33. The predicted molar refractivity (Wildman–Crippen MR) is 112 cm³/mol. The maximum absolute atomic E-state index is 11.2. The van der Waals surface area contributed by atoms with Gasteiger partial charge in [-0.1, -0.05) is 18.2 Å². The Bertz CT molecular complexity index is 1280. The van der Waals surface area contributed by atoms with Crippen LogP contribution in [0.2, 0.25) is 0 Å². The van der Waals surface area contributed by atoms with Crippen LogP contribution in [0.5, 0.6) is 11.5 Å². The molecule has 0 spiro atoms. The number of phenolic OH excluding ortho intramolecular Hbond substituents is 1. The minimum absolute atomic E-state index is 0.0751. The molecule has 0 aliphatic heterocycles. The third-order valence-electron chi connectivity index (χ3n) is 4.80. The zero-order chi connectivity index (χ0) is 22.0. The monoisotopic (exact) mass is 418 g/mol. The third-order valence-corrected chi connectivity index (χ3v) is 4.80. The van der Waals surface area contributed by atoms with Crippen molar-refractivity contribution in [3.05, 3.63) is 89.2 Å². The molecule has 4 aromatic rings. The van der Waals surface area contributed by atoms with Gasteiger partial charge >= 0.3 is 11.9 Å². The van der Waals surface area contributed by atoms with Crippen LogP contribution < -0.4 is 4.74 Å². The fourth-order valence-electron chi connectivity index (χ4n) is 3.26. The number of hydrogen-bond donors (Lipinski definition) is 3. The van der Waals surface area contributed by atoms with Gasteiger partial charge in [-0.3, -0.25) is 0 Å². The number of rotatable bonds is 7. The number of aromatic nitrogens is 2. The van der Waals surface area contributed by atoms with Crippen molar-refractivity contribution < 1.29 is 29.6 Å². The molecule has 4 rings (SSSR count). The average Bonchev–Trinajstić information content (AvgIpc) is 3.09. The Labute approximate surface area is 176 Å². The molecule has 0 fully saturated rings. The first-order chi connectivity index (χ1) is 14.9. The molecule has 0 aliphatic carbocycles. The largest absolute Gasteiger partial charge is 0.508 e. The summed E-state index contributed by atoms with van der Waals surface area (Å²) in [6, 6.07) is 17.6. The molecular formula is C23H18N2O6. The van der Waals surface area contributed by atoms with Crippen molar-refractivity contribution in [1.82, 2.24) is 9.55 Å². The summed E-state index contributed by atoms with van der Waals surface area (Å²) in [6.07, 6.45) is 0. The van der Waals surface area contributed by atoms with Crippen LogP contribution in [0.4, 0.5) is 0 Å². The molecule has 8 nitrogen and oxygen atoms in total. The number of nitrogens with zero attached hydrogens (tertiary/aromatic N) is 2. The minimum atomic E-state index is -1.04. The van der Waals surface area contributed by atoms with Crippen LogP contribution >= 0.6 is 0 Å². The smallest absolute Gasteiger partial charge is 0.335 e. The van der Waals surface area contributed by atoms with Crippen molar-refractivity contribution in [2.45, 2.75) is 13.2 Å². The van der Waals surface area contributed by atoms with Crippen molar-refractivity contribution in [2.75, 3.05) is 0 Å². The number of aromatic hydroxyl groups is 1. The van der Waals surface area contributed by atoms with Gasteiger partial charge in [0, 0.05) is 12.6 Å². The molecule has 0 aliphatic rings. The van der Waals surface area contributed by atoms with Gasteiger partial charge in [0.05, 0.1) is 22.2 Å². The summed E-state index contributed by atoms with van der Waals surface area (Å²) >= 11 is 0. The highest BCUT2D eigenvalue weighted by Crippen LogP contribution is 2.24. The van der Waals surface area contributed by atoms with Gasteiger partial charge in [-0.25, -0.2) is 14.6 Å². The van der Waals surface area contributed by atoms with Crippen LogP contribution in [0.25, 0.3) is 11.0 Å². The van der Waals surface area contributed by atoms with Crippen LogP contribution in [0, 0.1) is 0 Å². The summed E-state index contributed by atoms with van der Waals surface area (Å²) in [7, 11) is 0. The van der Waals surface area contributed by atoms with E-state index in [0.29, 0.717) is 23.6 Å². The van der Waals surface area contributed by atoms with Crippen molar-refractivity contribution in [3.63, 3.8) is 0 Å². The zero-order valence-corrected chi connectivity index (χ0v) is 16.2. The Balaban J connectivity index is 1.65. The van der Waals surface area contributed by atoms with Crippen LogP contribution in [0.3, 0.4) is 0 Å². The number of carbonyl (C=O) groups is 2. The van der Waals surface area contributed by atoms with Gasteiger partial charge in [0.15, 0.2) is 0 Å². The summed E-state index contributed by atoms with van der Waals surface area (Å²) in [4.78, 5) is 26.8. The van der Waals surface area contributed by atoms with Gasteiger partial charge in [0.2, 0.25) is 0 Å². The molecule has 0 saturated heterocycles. The molecule has 8 heteroatoms. The van der Waals surface area contributed by atoms with Crippen molar-refractivity contribution in [1.29, 1.82) is 0 Å². The number of ether oxygens (including phenoxy) is 1. The number of fused-ring (bicyclic) bond motifs is 1. The van der Waals surface area contributed by atoms with E-state index in [9.17, 15) is 14.7 Å². The van der Waals surface area contributed by atoms with Gasteiger partial charge < -0.3 is 24.6 Å². The summed E-state index contributed by atoms with van der Waals surface area (Å²) in [5.41, 5.74) is 2.55. The SMILES string of the molecule is O=C(O)c1ccc(Cn2c(COc3cccc(C(=O)O)c3)nc3cc(O)ccc32)cc1. The van der Waals surface area contributed by atoms with E-state index in [0.717, 1.165) is 11.1 Å². The Morgan fingerprint density at radius 2 is 1.65 bits per heavy atom. The van der Waals surface area contributed by atoms with E-state index in [4.69, 9.17) is 14.9 Å². The number of hydrogen-bond acceptors (Lipinski definition) is 5. The number of aromatic carboxylic acids is 2. The van der Waals surface area contributed by atoms with Crippen LogP contribution in [-0.4, -0.2) is 36.8 Å². The Kier molecular flexibility index (Phi) is 5.28. The lowest BCUT2D eigenvalue weighted by Gasteiger charge is -2.11. The lowest BCUT2D eigenvalue weighted by atomic mass is 10.1.